The Morgan fingerprint density at radius 2 is 0.870 bits per heavy atom. The van der Waals surface area contributed by atoms with Gasteiger partial charge in [-0.25, -0.2) is 14.0 Å². The molecule has 0 saturated carbocycles. The van der Waals surface area contributed by atoms with Crippen LogP contribution < -0.4 is 0 Å². The molecule has 23 heavy (non-hydrogen) atoms. The molecular weight excluding hydrogens is 288 g/mol. The maximum Gasteiger partial charge on any atom is 0.246 e. The molecule has 3 heterocycles. The predicted octanol–water partition coefficient (Wildman–Crippen LogP) is 2.85. The first kappa shape index (κ1) is 15.5. The quantitative estimate of drug-likeness (QED) is 0.747. The van der Waals surface area contributed by atoms with Crippen LogP contribution in [0, 0.1) is 41.5 Å². The van der Waals surface area contributed by atoms with E-state index in [9.17, 15) is 0 Å². The van der Waals surface area contributed by atoms with Gasteiger partial charge in [0.25, 0.3) is 0 Å². The van der Waals surface area contributed by atoms with Crippen molar-refractivity contribution in [3.63, 3.8) is 0 Å². The van der Waals surface area contributed by atoms with E-state index in [2.05, 4.69) is 45.9 Å². The molecule has 0 aliphatic rings. The summed E-state index contributed by atoms with van der Waals surface area (Å²) >= 11 is 0. The Balaban J connectivity index is 2.36. The van der Waals surface area contributed by atoms with Gasteiger partial charge in [-0.05, 0) is 59.7 Å². The zero-order valence-electron chi connectivity index (χ0n) is 14.9. The molecule has 0 spiro atoms. The third-order valence-corrected chi connectivity index (χ3v) is 4.23. The maximum atomic E-state index is 4.73. The Morgan fingerprint density at radius 3 is 1.04 bits per heavy atom. The van der Waals surface area contributed by atoms with E-state index in [1.165, 1.54) is 0 Å². The lowest BCUT2D eigenvalue weighted by atomic mass is 10.3. The van der Waals surface area contributed by atoms with Crippen LogP contribution in [0.1, 0.15) is 41.1 Å². The zero-order chi connectivity index (χ0) is 16.9. The molecule has 3 aromatic rings. The number of rotatable bonds is 3. The van der Waals surface area contributed by atoms with E-state index in [1.54, 1.807) is 0 Å². The summed E-state index contributed by atoms with van der Waals surface area (Å²) in [6.45, 7) is 14.3. The molecule has 0 bridgehead atoms. The molecule has 6 nitrogen and oxygen atoms in total. The first-order valence-corrected chi connectivity index (χ1v) is 7.84. The van der Waals surface area contributed by atoms with Crippen LogP contribution >= 0.6 is 0 Å². The van der Waals surface area contributed by atoms with Gasteiger partial charge in [-0.15, -0.1) is 0 Å². The zero-order valence-corrected chi connectivity index (χ0v) is 14.9. The van der Waals surface area contributed by atoms with Gasteiger partial charge >= 0.3 is 0 Å². The van der Waals surface area contributed by atoms with Gasteiger partial charge in [0.1, 0.15) is 0 Å². The van der Waals surface area contributed by atoms with Crippen molar-refractivity contribution in [2.45, 2.75) is 54.3 Å². The van der Waals surface area contributed by atoms with E-state index >= 15 is 0 Å². The van der Waals surface area contributed by atoms with E-state index < -0.39 is 5.79 Å². The summed E-state index contributed by atoms with van der Waals surface area (Å²) in [4.78, 5) is 0. The van der Waals surface area contributed by atoms with Gasteiger partial charge in [-0.1, -0.05) is 0 Å². The van der Waals surface area contributed by atoms with Gasteiger partial charge in [-0.2, -0.15) is 15.3 Å². The molecule has 0 aromatic carbocycles. The van der Waals surface area contributed by atoms with Crippen molar-refractivity contribution in [2.24, 2.45) is 0 Å². The molecule has 0 aliphatic heterocycles. The summed E-state index contributed by atoms with van der Waals surface area (Å²) in [5.41, 5.74) is 6.17. The first-order valence-electron chi connectivity index (χ1n) is 7.84. The van der Waals surface area contributed by atoms with Gasteiger partial charge in [0, 0.05) is 24.0 Å². The highest BCUT2D eigenvalue weighted by Gasteiger charge is 2.37. The normalized spacial score (nSPS) is 12.1. The molecule has 3 rings (SSSR count). The number of aryl methyl sites for hydroxylation is 6. The topological polar surface area (TPSA) is 53.5 Å². The Bertz CT molecular complexity index is 751. The van der Waals surface area contributed by atoms with E-state index in [4.69, 9.17) is 15.3 Å². The monoisotopic (exact) mass is 312 g/mol. The minimum Gasteiger partial charge on any atom is -0.222 e. The molecule has 0 fully saturated rings. The summed E-state index contributed by atoms with van der Waals surface area (Å²) in [6.07, 6.45) is 0. The van der Waals surface area contributed by atoms with Crippen molar-refractivity contribution in [3.05, 3.63) is 52.4 Å². The van der Waals surface area contributed by atoms with Crippen LogP contribution in [0.15, 0.2) is 18.2 Å². The van der Waals surface area contributed by atoms with Crippen LogP contribution in [0.4, 0.5) is 0 Å². The van der Waals surface area contributed by atoms with Crippen molar-refractivity contribution in [1.82, 2.24) is 29.3 Å². The standard InChI is InChI=1S/C17H24N6/c1-11-8-14(4)21(18-11)17(7,22-15(5)9-12(2)19-22)23-16(6)10-13(3)20-23/h8-10H,1-7H3. The van der Waals surface area contributed by atoms with Crippen LogP contribution in [0.3, 0.4) is 0 Å². The Hall–Kier alpha value is -2.37. The maximum absolute atomic E-state index is 4.73. The first-order chi connectivity index (χ1) is 10.7. The summed E-state index contributed by atoms with van der Waals surface area (Å²) < 4.78 is 6.00. The second kappa shape index (κ2) is 5.08. The lowest BCUT2D eigenvalue weighted by molar-refractivity contribution is 0.130. The highest BCUT2D eigenvalue weighted by molar-refractivity contribution is 5.17. The van der Waals surface area contributed by atoms with Crippen LogP contribution in [-0.4, -0.2) is 29.3 Å². The van der Waals surface area contributed by atoms with Crippen LogP contribution in [0.5, 0.6) is 0 Å². The Morgan fingerprint density at radius 1 is 0.609 bits per heavy atom. The average molecular weight is 312 g/mol. The molecule has 0 aliphatic carbocycles. The van der Waals surface area contributed by atoms with Gasteiger partial charge in [0.2, 0.25) is 5.79 Å². The number of aromatic nitrogens is 6. The second-order valence-electron chi connectivity index (χ2n) is 6.49. The summed E-state index contributed by atoms with van der Waals surface area (Å²) in [7, 11) is 0. The molecule has 0 unspecified atom stereocenters. The van der Waals surface area contributed by atoms with E-state index in [0.717, 1.165) is 34.2 Å². The fourth-order valence-electron chi connectivity index (χ4n) is 3.44. The minimum atomic E-state index is -0.672. The molecule has 0 saturated heterocycles. The van der Waals surface area contributed by atoms with Crippen molar-refractivity contribution in [2.75, 3.05) is 0 Å². The highest BCUT2D eigenvalue weighted by atomic mass is 15.6. The van der Waals surface area contributed by atoms with E-state index in [0.29, 0.717) is 0 Å². The fraction of sp³-hybridized carbons (Fsp3) is 0.471. The lowest BCUT2D eigenvalue weighted by Crippen LogP contribution is -2.49. The van der Waals surface area contributed by atoms with Gasteiger partial charge in [-0.3, -0.25) is 0 Å². The predicted molar refractivity (Wildman–Crippen MR) is 89.5 cm³/mol. The molecule has 6 heteroatoms. The van der Waals surface area contributed by atoms with E-state index in [1.807, 2.05) is 34.8 Å². The van der Waals surface area contributed by atoms with Gasteiger partial charge in [0.15, 0.2) is 0 Å². The lowest BCUT2D eigenvalue weighted by Gasteiger charge is -2.34. The number of nitrogens with zero attached hydrogens (tertiary/aromatic N) is 6. The molecule has 0 amide bonds. The van der Waals surface area contributed by atoms with Gasteiger partial charge < -0.3 is 0 Å². The third-order valence-electron chi connectivity index (χ3n) is 4.23. The van der Waals surface area contributed by atoms with Crippen molar-refractivity contribution < 1.29 is 0 Å². The second-order valence-corrected chi connectivity index (χ2v) is 6.49. The van der Waals surface area contributed by atoms with Crippen LogP contribution in [0.2, 0.25) is 0 Å². The van der Waals surface area contributed by atoms with Crippen LogP contribution in [0.25, 0.3) is 0 Å². The largest absolute Gasteiger partial charge is 0.246 e. The summed E-state index contributed by atoms with van der Waals surface area (Å²) in [5, 5.41) is 14.2. The number of hydrogen-bond donors (Lipinski definition) is 0. The Labute approximate surface area is 136 Å². The molecule has 0 N–H and O–H groups in total. The minimum absolute atomic E-state index is 0.672. The molecule has 3 aromatic heterocycles. The average Bonchev–Trinajstić information content (AvgIpc) is 3.07. The highest BCUT2D eigenvalue weighted by Crippen LogP contribution is 2.26. The Kier molecular flexibility index (Phi) is 3.43. The summed E-state index contributed by atoms with van der Waals surface area (Å²) in [6, 6.07) is 6.24. The molecular formula is C17H24N6. The third kappa shape index (κ3) is 2.29. The summed E-state index contributed by atoms with van der Waals surface area (Å²) in [5.74, 6) is -0.672. The van der Waals surface area contributed by atoms with Gasteiger partial charge in [0.05, 0.1) is 17.1 Å². The number of hydrogen-bond acceptors (Lipinski definition) is 3. The van der Waals surface area contributed by atoms with Crippen LogP contribution in [-0.2, 0) is 5.79 Å². The van der Waals surface area contributed by atoms with E-state index in [-0.39, 0.29) is 0 Å². The SMILES string of the molecule is Cc1cc(C)n(C(C)(n2nc(C)cc2C)n2nc(C)cc2C)n1. The van der Waals surface area contributed by atoms with Crippen molar-refractivity contribution >= 4 is 0 Å². The van der Waals surface area contributed by atoms with Crippen molar-refractivity contribution in [1.29, 1.82) is 0 Å². The molecule has 122 valence electrons. The fourth-order valence-corrected chi connectivity index (χ4v) is 3.44. The molecule has 0 atom stereocenters. The van der Waals surface area contributed by atoms with Crippen molar-refractivity contribution in [3.8, 4) is 0 Å². The smallest absolute Gasteiger partial charge is 0.222 e. The molecule has 0 radical (unpaired) electrons.